The van der Waals surface area contributed by atoms with Gasteiger partial charge in [0.15, 0.2) is 5.75 Å². The minimum absolute atomic E-state index is 0.0345. The number of sulfonamides is 1. The lowest BCUT2D eigenvalue weighted by Gasteiger charge is -2.17. The van der Waals surface area contributed by atoms with Gasteiger partial charge in [0.05, 0.1) is 16.3 Å². The first-order chi connectivity index (χ1) is 16.3. The number of carbonyl (C=O) groups excluding carboxylic acids is 2. The van der Waals surface area contributed by atoms with Crippen LogP contribution in [-0.2, 0) is 29.7 Å². The van der Waals surface area contributed by atoms with Crippen molar-refractivity contribution in [1.29, 1.82) is 0 Å². The van der Waals surface area contributed by atoms with Gasteiger partial charge in [-0.1, -0.05) is 42.2 Å². The molecule has 1 fully saturated rings. The van der Waals surface area contributed by atoms with Crippen LogP contribution in [0.2, 0.25) is 0 Å². The van der Waals surface area contributed by atoms with Gasteiger partial charge in [0, 0.05) is 13.5 Å². The predicted octanol–water partition coefficient (Wildman–Crippen LogP) is 1.73. The van der Waals surface area contributed by atoms with Crippen LogP contribution >= 0.6 is 24.0 Å². The fourth-order valence-corrected chi connectivity index (χ4v) is 6.07. The number of anilines is 1. The quantitative estimate of drug-likeness (QED) is 0.272. The molecule has 2 amide bonds. The van der Waals surface area contributed by atoms with Gasteiger partial charge in [-0.05, 0) is 36.8 Å². The van der Waals surface area contributed by atoms with Crippen LogP contribution in [0, 0.1) is 0 Å². The Morgan fingerprint density at radius 1 is 1.20 bits per heavy atom. The summed E-state index contributed by atoms with van der Waals surface area (Å²) in [6.45, 7) is 2.69. The average Bonchev–Trinajstić information content (AvgIpc) is 3.21. The van der Waals surface area contributed by atoms with E-state index in [1.807, 2.05) is 0 Å². The molecule has 35 heavy (non-hydrogen) atoms. The maximum absolute atomic E-state index is 12.7. The highest BCUT2D eigenvalue weighted by atomic mass is 32.2. The molecule has 2 N–H and O–H groups in total. The summed E-state index contributed by atoms with van der Waals surface area (Å²) in [5, 5.41) is 0. The number of rotatable bonds is 8. The Balaban J connectivity index is 1.79. The number of nitrogens with zero attached hydrogens (tertiary/aromatic N) is 2. The van der Waals surface area contributed by atoms with Crippen molar-refractivity contribution in [2.75, 3.05) is 23.1 Å². The zero-order valence-corrected chi connectivity index (χ0v) is 21.8. The van der Waals surface area contributed by atoms with E-state index in [4.69, 9.17) is 21.5 Å². The van der Waals surface area contributed by atoms with Gasteiger partial charge in [0.25, 0.3) is 26.0 Å². The van der Waals surface area contributed by atoms with E-state index in [9.17, 15) is 26.4 Å². The standard InChI is InChI=1S/C20H21N3O8S4/c1-13(11-17-19(25)23(20(32)33-17)12-34(26,27)21-14(2)24)7-8-18-22(9-10-35(28,29)30)15-5-3-4-6-16(15)31-18/h3-8,11H,9-10,12H2,1-2H3,(H,21,24)(H,28,29,30)/b13-7+,17-11+,18-8-. The van der Waals surface area contributed by atoms with Crippen molar-refractivity contribution >= 4 is 65.9 Å². The molecule has 0 spiro atoms. The van der Waals surface area contributed by atoms with E-state index in [1.54, 1.807) is 53.0 Å². The van der Waals surface area contributed by atoms with E-state index in [0.717, 1.165) is 23.6 Å². The van der Waals surface area contributed by atoms with E-state index in [0.29, 0.717) is 22.9 Å². The summed E-state index contributed by atoms with van der Waals surface area (Å²) in [7, 11) is -8.27. The van der Waals surface area contributed by atoms with E-state index >= 15 is 0 Å². The number of ether oxygens (including phenoxy) is 1. The molecule has 1 saturated heterocycles. The van der Waals surface area contributed by atoms with E-state index in [1.165, 1.54) is 6.08 Å². The highest BCUT2D eigenvalue weighted by Crippen LogP contribution is 2.38. The molecule has 15 heteroatoms. The van der Waals surface area contributed by atoms with E-state index in [2.05, 4.69) is 0 Å². The SMILES string of the molecule is CC(=O)NS(=O)(=O)CN1C(=O)\C(=C/C(C)=C/C=C2\Oc3ccccc3N2CCS(=O)(=O)O)SC1=S. The number of para-hydroxylation sites is 2. The van der Waals surface area contributed by atoms with Crippen molar-refractivity contribution in [3.63, 3.8) is 0 Å². The smallest absolute Gasteiger partial charge is 0.267 e. The molecule has 2 heterocycles. The molecule has 0 bridgehead atoms. The second-order valence-corrected chi connectivity index (χ2v) is 12.4. The molecule has 2 aliphatic rings. The summed E-state index contributed by atoms with van der Waals surface area (Å²) >= 11 is 6.04. The van der Waals surface area contributed by atoms with Crippen LogP contribution in [0.5, 0.6) is 5.75 Å². The number of carbonyl (C=O) groups is 2. The molecule has 0 aromatic heterocycles. The molecular weight excluding hydrogens is 539 g/mol. The molecule has 2 aliphatic heterocycles. The molecular formula is C20H21N3O8S4. The number of allylic oxidation sites excluding steroid dienone is 4. The third-order valence-electron chi connectivity index (χ3n) is 4.53. The van der Waals surface area contributed by atoms with Crippen molar-refractivity contribution in [1.82, 2.24) is 9.62 Å². The number of hydrogen-bond donors (Lipinski definition) is 2. The van der Waals surface area contributed by atoms with Crippen molar-refractivity contribution in [3.8, 4) is 5.75 Å². The third kappa shape index (κ3) is 7.14. The van der Waals surface area contributed by atoms with Crippen LogP contribution in [0.1, 0.15) is 13.8 Å². The van der Waals surface area contributed by atoms with Crippen molar-refractivity contribution < 1.29 is 35.7 Å². The molecule has 0 aliphatic carbocycles. The molecule has 0 atom stereocenters. The first-order valence-electron chi connectivity index (χ1n) is 9.90. The Hall–Kier alpha value is -2.72. The van der Waals surface area contributed by atoms with E-state index < -0.39 is 43.6 Å². The summed E-state index contributed by atoms with van der Waals surface area (Å²) in [5.41, 5.74) is 1.23. The Morgan fingerprint density at radius 2 is 1.89 bits per heavy atom. The first-order valence-corrected chi connectivity index (χ1v) is 14.4. The van der Waals surface area contributed by atoms with Crippen LogP contribution in [-0.4, -0.2) is 60.6 Å². The third-order valence-corrected chi connectivity index (χ3v) is 7.80. The molecule has 0 radical (unpaired) electrons. The van der Waals surface area contributed by atoms with Gasteiger partial charge < -0.3 is 9.64 Å². The molecule has 3 rings (SSSR count). The van der Waals surface area contributed by atoms with Gasteiger partial charge >= 0.3 is 0 Å². The molecule has 1 aromatic rings. The maximum Gasteiger partial charge on any atom is 0.267 e. The summed E-state index contributed by atoms with van der Waals surface area (Å²) in [6, 6.07) is 6.99. The van der Waals surface area contributed by atoms with E-state index in [-0.39, 0.29) is 15.8 Å². The zero-order valence-electron chi connectivity index (χ0n) is 18.5. The van der Waals surface area contributed by atoms with Gasteiger partial charge in [-0.3, -0.25) is 23.8 Å². The summed E-state index contributed by atoms with van der Waals surface area (Å²) < 4.78 is 63.2. The molecule has 0 saturated carbocycles. The van der Waals surface area contributed by atoms with Gasteiger partial charge in [-0.25, -0.2) is 8.42 Å². The van der Waals surface area contributed by atoms with Crippen molar-refractivity contribution in [3.05, 3.63) is 58.9 Å². The second-order valence-electron chi connectivity index (χ2n) is 7.43. The zero-order chi connectivity index (χ0) is 26.0. The number of thioether (sulfide) groups is 1. The molecule has 1 aromatic carbocycles. The Morgan fingerprint density at radius 3 is 2.54 bits per heavy atom. The van der Waals surface area contributed by atoms with Crippen LogP contribution in [0.15, 0.2) is 58.9 Å². The van der Waals surface area contributed by atoms with Crippen LogP contribution < -0.4 is 14.4 Å². The monoisotopic (exact) mass is 559 g/mol. The molecule has 0 unspecified atom stereocenters. The lowest BCUT2D eigenvalue weighted by molar-refractivity contribution is -0.122. The fraction of sp³-hybridized carbons (Fsp3) is 0.250. The number of hydrogen-bond acceptors (Lipinski definition) is 10. The number of thiocarbonyl (C=S) groups is 1. The fourth-order valence-electron chi connectivity index (χ4n) is 3.10. The minimum atomic E-state index is -4.19. The van der Waals surface area contributed by atoms with Gasteiger partial charge in [-0.15, -0.1) is 0 Å². The first kappa shape index (κ1) is 26.9. The predicted molar refractivity (Wildman–Crippen MR) is 135 cm³/mol. The van der Waals surface area contributed by atoms with Crippen LogP contribution in [0.4, 0.5) is 5.69 Å². The Labute approximate surface area is 212 Å². The maximum atomic E-state index is 12.7. The second kappa shape index (κ2) is 10.5. The highest BCUT2D eigenvalue weighted by Gasteiger charge is 2.35. The van der Waals surface area contributed by atoms with Crippen molar-refractivity contribution in [2.24, 2.45) is 0 Å². The molecule has 188 valence electrons. The Kier molecular flexibility index (Phi) is 8.06. The normalized spacial score (nSPS) is 18.9. The minimum Gasteiger partial charge on any atom is -0.439 e. The number of nitrogens with one attached hydrogen (secondary N) is 1. The topological polar surface area (TPSA) is 150 Å². The highest BCUT2D eigenvalue weighted by molar-refractivity contribution is 8.26. The summed E-state index contributed by atoms with van der Waals surface area (Å²) in [5.74, 6) is -1.85. The summed E-state index contributed by atoms with van der Waals surface area (Å²) in [4.78, 5) is 26.4. The van der Waals surface area contributed by atoms with Gasteiger partial charge in [0.1, 0.15) is 10.2 Å². The lowest BCUT2D eigenvalue weighted by Crippen LogP contribution is -2.40. The lowest BCUT2D eigenvalue weighted by atomic mass is 10.2. The molecule has 11 nitrogen and oxygen atoms in total. The Bertz CT molecular complexity index is 1380. The number of fused-ring (bicyclic) bond motifs is 1. The number of amides is 2. The number of benzene rings is 1. The largest absolute Gasteiger partial charge is 0.439 e. The summed E-state index contributed by atoms with van der Waals surface area (Å²) in [6.07, 6.45) is 4.73. The van der Waals surface area contributed by atoms with Crippen LogP contribution in [0.3, 0.4) is 0 Å². The van der Waals surface area contributed by atoms with Crippen molar-refractivity contribution in [2.45, 2.75) is 13.8 Å². The van der Waals surface area contributed by atoms with Crippen LogP contribution in [0.25, 0.3) is 0 Å². The average molecular weight is 560 g/mol. The van der Waals surface area contributed by atoms with Gasteiger partial charge in [0.2, 0.25) is 11.8 Å². The van der Waals surface area contributed by atoms with Gasteiger partial charge in [-0.2, -0.15) is 8.42 Å².